The van der Waals surface area contributed by atoms with E-state index in [4.69, 9.17) is 9.47 Å². The Morgan fingerprint density at radius 2 is 1.09 bits per heavy atom. The van der Waals surface area contributed by atoms with Gasteiger partial charge in [0, 0.05) is 6.61 Å². The van der Waals surface area contributed by atoms with Gasteiger partial charge in [0.1, 0.15) is 0 Å². The Bertz CT molecular complexity index is 734. The number of rotatable bonds is 11. The molecule has 35 heavy (non-hydrogen) atoms. The molecule has 0 bridgehead atoms. The molecule has 1 aliphatic rings. The van der Waals surface area contributed by atoms with Gasteiger partial charge in [0.05, 0.1) is 26.2 Å². The Morgan fingerprint density at radius 3 is 1.63 bits per heavy atom. The van der Waals surface area contributed by atoms with Crippen LogP contribution in [0.25, 0.3) is 0 Å². The first-order valence-corrected chi connectivity index (χ1v) is 12.8. The molecule has 0 atom stereocenters. The van der Waals surface area contributed by atoms with E-state index in [1.165, 1.54) is 70.6 Å². The van der Waals surface area contributed by atoms with Crippen molar-refractivity contribution in [3.8, 4) is 5.75 Å². The number of carbonyl (C=O) groups excluding carboxylic acids is 1. The van der Waals surface area contributed by atoms with Gasteiger partial charge < -0.3 is 14.2 Å². The molecule has 4 nitrogen and oxygen atoms in total. The first-order chi connectivity index (χ1) is 16.9. The second-order valence-corrected chi connectivity index (χ2v) is 9.12. The highest BCUT2D eigenvalue weighted by Crippen LogP contribution is 2.29. The Hall–Kier alpha value is -1.74. The number of halogens is 5. The van der Waals surface area contributed by atoms with Gasteiger partial charge in [-0.25, -0.2) is 13.2 Å². The van der Waals surface area contributed by atoms with Gasteiger partial charge in [-0.15, -0.1) is 0 Å². The summed E-state index contributed by atoms with van der Waals surface area (Å²) >= 11 is 0. The Labute approximate surface area is 204 Å². The van der Waals surface area contributed by atoms with Crippen LogP contribution in [0.5, 0.6) is 5.75 Å². The monoisotopic (exact) mass is 508 g/mol. The van der Waals surface area contributed by atoms with Crippen LogP contribution in [0.2, 0.25) is 0 Å². The normalized spacial score (nSPS) is 16.5. The maximum atomic E-state index is 13.5. The van der Waals surface area contributed by atoms with Crippen LogP contribution < -0.4 is 4.74 Å². The molecule has 0 unspecified atom stereocenters. The summed E-state index contributed by atoms with van der Waals surface area (Å²) in [6.45, 7) is 1.03. The summed E-state index contributed by atoms with van der Waals surface area (Å²) in [5.41, 5.74) is 0. The van der Waals surface area contributed by atoms with Crippen LogP contribution in [0, 0.1) is 35.0 Å². The Kier molecular flexibility index (Phi) is 14.2. The van der Waals surface area contributed by atoms with E-state index in [-0.39, 0.29) is 13.2 Å². The molecule has 0 heterocycles. The van der Waals surface area contributed by atoms with Gasteiger partial charge in [0.2, 0.25) is 34.8 Å². The van der Waals surface area contributed by atoms with Crippen LogP contribution in [-0.4, -0.2) is 32.4 Å². The topological polar surface area (TPSA) is 44.8 Å². The van der Waals surface area contributed by atoms with E-state index in [2.05, 4.69) is 4.74 Å². The summed E-state index contributed by atoms with van der Waals surface area (Å²) in [5.74, 6) is -13.1. The fourth-order valence-corrected chi connectivity index (χ4v) is 4.33. The molecule has 0 amide bonds. The zero-order valence-corrected chi connectivity index (χ0v) is 20.3. The van der Waals surface area contributed by atoms with Crippen molar-refractivity contribution in [1.29, 1.82) is 0 Å². The van der Waals surface area contributed by atoms with Gasteiger partial charge in [-0.05, 0) is 18.8 Å². The van der Waals surface area contributed by atoms with E-state index in [0.717, 1.165) is 18.8 Å². The lowest BCUT2D eigenvalue weighted by Gasteiger charge is -2.18. The SMILES string of the molecule is O=C(CCOCCOCCCC1CCCCCCCCCCC1)Oc1c(F)c(F)c(F)c(F)c1F. The van der Waals surface area contributed by atoms with Crippen LogP contribution >= 0.6 is 0 Å². The molecule has 9 heteroatoms. The van der Waals surface area contributed by atoms with Crippen molar-refractivity contribution in [2.45, 2.75) is 89.9 Å². The molecule has 1 aromatic rings. The maximum absolute atomic E-state index is 13.5. The standard InChI is InChI=1S/C26H37F5O4/c27-21-22(28)24(30)26(25(31)23(21)29)35-20(32)14-16-34-18-17-33-15-10-13-19-11-8-6-4-2-1-3-5-7-9-12-19/h19H,1-18H2. The summed E-state index contributed by atoms with van der Waals surface area (Å²) in [6, 6.07) is 0. The molecule has 2 rings (SSSR count). The lowest BCUT2D eigenvalue weighted by atomic mass is 9.90. The predicted octanol–water partition coefficient (Wildman–Crippen LogP) is 7.41. The molecule has 0 aromatic heterocycles. The zero-order valence-electron chi connectivity index (χ0n) is 20.3. The van der Waals surface area contributed by atoms with Crippen molar-refractivity contribution < 1.29 is 41.0 Å². The highest BCUT2D eigenvalue weighted by molar-refractivity contribution is 5.72. The lowest BCUT2D eigenvalue weighted by Crippen LogP contribution is -2.16. The molecule has 0 saturated heterocycles. The fraction of sp³-hybridized carbons (Fsp3) is 0.731. The Morgan fingerprint density at radius 1 is 0.629 bits per heavy atom. The lowest BCUT2D eigenvalue weighted by molar-refractivity contribution is -0.136. The summed E-state index contributed by atoms with van der Waals surface area (Å²) in [5, 5.41) is 0. The fourth-order valence-electron chi connectivity index (χ4n) is 4.33. The average Bonchev–Trinajstić information content (AvgIpc) is 2.84. The van der Waals surface area contributed by atoms with Crippen molar-refractivity contribution in [3.05, 3.63) is 29.1 Å². The van der Waals surface area contributed by atoms with E-state index in [9.17, 15) is 26.7 Å². The molecule has 1 saturated carbocycles. The van der Waals surface area contributed by atoms with E-state index in [1.807, 2.05) is 0 Å². The highest BCUT2D eigenvalue weighted by Gasteiger charge is 2.28. The summed E-state index contributed by atoms with van der Waals surface area (Å²) < 4.78 is 81.5. The van der Waals surface area contributed by atoms with Crippen LogP contribution in [0.4, 0.5) is 22.0 Å². The third-order valence-corrected chi connectivity index (χ3v) is 6.33. The van der Waals surface area contributed by atoms with Gasteiger partial charge in [0.25, 0.3) is 0 Å². The number of ether oxygens (including phenoxy) is 3. The molecule has 1 aliphatic carbocycles. The molecule has 0 N–H and O–H groups in total. The van der Waals surface area contributed by atoms with E-state index in [1.54, 1.807) is 0 Å². The molecule has 1 aromatic carbocycles. The molecule has 0 radical (unpaired) electrons. The van der Waals surface area contributed by atoms with Crippen LogP contribution in [0.3, 0.4) is 0 Å². The number of esters is 1. The minimum absolute atomic E-state index is 0.139. The minimum Gasteiger partial charge on any atom is -0.420 e. The minimum atomic E-state index is -2.32. The van der Waals surface area contributed by atoms with E-state index < -0.39 is 47.2 Å². The largest absolute Gasteiger partial charge is 0.420 e. The van der Waals surface area contributed by atoms with Crippen LogP contribution in [-0.2, 0) is 14.3 Å². The van der Waals surface area contributed by atoms with Crippen LogP contribution in [0.1, 0.15) is 89.9 Å². The predicted molar refractivity (Wildman–Crippen MR) is 122 cm³/mol. The highest BCUT2D eigenvalue weighted by atomic mass is 19.2. The van der Waals surface area contributed by atoms with Gasteiger partial charge in [-0.3, -0.25) is 4.79 Å². The third kappa shape index (κ3) is 10.8. The first kappa shape index (κ1) is 29.5. The summed E-state index contributed by atoms with van der Waals surface area (Å²) in [7, 11) is 0. The number of hydrogen-bond acceptors (Lipinski definition) is 4. The van der Waals surface area contributed by atoms with Gasteiger partial charge in [-0.1, -0.05) is 70.6 Å². The van der Waals surface area contributed by atoms with Crippen molar-refractivity contribution in [2.75, 3.05) is 26.4 Å². The van der Waals surface area contributed by atoms with Gasteiger partial charge in [0.15, 0.2) is 0 Å². The molecule has 1 fully saturated rings. The van der Waals surface area contributed by atoms with E-state index in [0.29, 0.717) is 13.2 Å². The quantitative estimate of drug-likeness (QED) is 0.0780. The zero-order chi connectivity index (χ0) is 25.5. The smallest absolute Gasteiger partial charge is 0.313 e. The number of carbonyl (C=O) groups is 1. The molecular weight excluding hydrogens is 471 g/mol. The van der Waals surface area contributed by atoms with Crippen LogP contribution in [0.15, 0.2) is 0 Å². The molecular formula is C26H37F5O4. The molecule has 0 aliphatic heterocycles. The van der Waals surface area contributed by atoms with Gasteiger partial charge >= 0.3 is 5.97 Å². The second kappa shape index (κ2) is 16.8. The van der Waals surface area contributed by atoms with E-state index >= 15 is 0 Å². The number of benzene rings is 1. The molecule has 0 spiro atoms. The van der Waals surface area contributed by atoms with Gasteiger partial charge in [-0.2, -0.15) is 8.78 Å². The first-order valence-electron chi connectivity index (χ1n) is 12.8. The Balaban J connectivity index is 1.54. The molecule has 200 valence electrons. The summed E-state index contributed by atoms with van der Waals surface area (Å²) in [4.78, 5) is 11.7. The van der Waals surface area contributed by atoms with Crippen molar-refractivity contribution in [2.24, 2.45) is 5.92 Å². The van der Waals surface area contributed by atoms with Crippen molar-refractivity contribution >= 4 is 5.97 Å². The van der Waals surface area contributed by atoms with Crippen molar-refractivity contribution in [1.82, 2.24) is 0 Å². The summed E-state index contributed by atoms with van der Waals surface area (Å²) in [6.07, 6.45) is 16.4. The number of hydrogen-bond donors (Lipinski definition) is 0. The third-order valence-electron chi connectivity index (χ3n) is 6.33. The average molecular weight is 509 g/mol. The second-order valence-electron chi connectivity index (χ2n) is 9.12. The van der Waals surface area contributed by atoms with Crippen molar-refractivity contribution in [3.63, 3.8) is 0 Å². The maximum Gasteiger partial charge on any atom is 0.313 e.